The smallest absolute Gasteiger partial charge is 0.407 e. The molecule has 0 saturated carbocycles. The van der Waals surface area contributed by atoms with Gasteiger partial charge in [0.1, 0.15) is 11.5 Å². The lowest BCUT2D eigenvalue weighted by atomic mass is 9.86. The Labute approximate surface area is 331 Å². The van der Waals surface area contributed by atoms with Crippen LogP contribution in [0.1, 0.15) is 96.4 Å². The number of nitrogens with zero attached hydrogens (tertiary/aromatic N) is 2. The first kappa shape index (κ1) is 42.6. The van der Waals surface area contributed by atoms with Gasteiger partial charge in [0.25, 0.3) is 0 Å². The van der Waals surface area contributed by atoms with Crippen LogP contribution in [0.15, 0.2) is 66.7 Å². The number of methoxy groups -OCH3 is 1. The van der Waals surface area contributed by atoms with Crippen molar-refractivity contribution < 1.29 is 33.3 Å². The largest absolute Gasteiger partial charge is 0.496 e. The molecule has 1 saturated heterocycles. The van der Waals surface area contributed by atoms with E-state index in [9.17, 15) is 9.90 Å². The van der Waals surface area contributed by atoms with Gasteiger partial charge in [-0.1, -0.05) is 97.9 Å². The Bertz CT molecular complexity index is 1660. The number of fused-ring (bicyclic) bond motifs is 1. The van der Waals surface area contributed by atoms with E-state index in [1.807, 2.05) is 36.4 Å². The molecular weight excluding hydrogens is 709 g/mol. The van der Waals surface area contributed by atoms with Gasteiger partial charge >= 0.3 is 6.09 Å². The Morgan fingerprint density at radius 3 is 2.29 bits per heavy atom. The number of carbonyl (C=O) groups is 1. The molecular formula is C45H66N2O7Si. The molecule has 0 radical (unpaired) electrons. The van der Waals surface area contributed by atoms with Gasteiger partial charge in [-0.15, -0.1) is 0 Å². The van der Waals surface area contributed by atoms with Crippen LogP contribution in [0.25, 0.3) is 0 Å². The minimum atomic E-state index is -1.95. The Morgan fingerprint density at radius 2 is 1.62 bits per heavy atom. The van der Waals surface area contributed by atoms with Gasteiger partial charge < -0.3 is 38.3 Å². The molecule has 2 atom stereocenters. The average Bonchev–Trinajstić information content (AvgIpc) is 3.41. The van der Waals surface area contributed by atoms with Crippen LogP contribution < -0.4 is 14.4 Å². The number of piperidine rings is 1. The van der Waals surface area contributed by atoms with Crippen molar-refractivity contribution in [3.8, 4) is 11.5 Å². The molecule has 0 bridgehead atoms. The summed E-state index contributed by atoms with van der Waals surface area (Å²) in [5, 5.41) is 9.87. The Kier molecular flexibility index (Phi) is 14.7. The van der Waals surface area contributed by atoms with E-state index < -0.39 is 14.4 Å². The summed E-state index contributed by atoms with van der Waals surface area (Å²) in [5.41, 5.74) is 7.56. The third-order valence-electron chi connectivity index (χ3n) is 11.9. The van der Waals surface area contributed by atoms with Crippen molar-refractivity contribution in [1.82, 2.24) is 4.90 Å². The molecule has 2 heterocycles. The first-order valence-corrected chi connectivity index (χ1v) is 22.4. The summed E-state index contributed by atoms with van der Waals surface area (Å²) in [4.78, 5) is 16.0. The second kappa shape index (κ2) is 19.0. The third-order valence-corrected chi connectivity index (χ3v) is 18.0. The number of hydrogen-bond acceptors (Lipinski definition) is 7. The monoisotopic (exact) mass is 774 g/mol. The van der Waals surface area contributed by atoms with Crippen LogP contribution in [0.4, 0.5) is 10.5 Å². The molecule has 2 aliphatic rings. The van der Waals surface area contributed by atoms with E-state index in [0.29, 0.717) is 62.6 Å². The third kappa shape index (κ3) is 10.2. The van der Waals surface area contributed by atoms with E-state index in [4.69, 9.17) is 23.4 Å². The predicted octanol–water partition coefficient (Wildman–Crippen LogP) is 10.0. The van der Waals surface area contributed by atoms with Gasteiger partial charge in [0, 0.05) is 48.6 Å². The molecule has 0 aromatic heterocycles. The maximum atomic E-state index is 12.0. The summed E-state index contributed by atoms with van der Waals surface area (Å²) in [6.45, 7) is 24.1. The van der Waals surface area contributed by atoms with Gasteiger partial charge in [-0.25, -0.2) is 4.79 Å². The highest BCUT2D eigenvalue weighted by Crippen LogP contribution is 2.44. The van der Waals surface area contributed by atoms with E-state index in [1.54, 1.807) is 7.11 Å². The highest BCUT2D eigenvalue weighted by Gasteiger charge is 2.45. The van der Waals surface area contributed by atoms with Gasteiger partial charge in [-0.3, -0.25) is 0 Å². The fourth-order valence-corrected chi connectivity index (χ4v) is 14.6. The van der Waals surface area contributed by atoms with Crippen LogP contribution >= 0.6 is 0 Å². The molecule has 2 aliphatic heterocycles. The number of benzene rings is 3. The highest BCUT2D eigenvalue weighted by atomic mass is 28.4. The maximum absolute atomic E-state index is 12.0. The molecule has 55 heavy (non-hydrogen) atoms. The normalized spacial score (nSPS) is 18.3. The number of likely N-dealkylation sites (tertiary alicyclic amines) is 1. The molecule has 302 valence electrons. The molecule has 0 spiro atoms. The Hall–Kier alpha value is -3.57. The summed E-state index contributed by atoms with van der Waals surface area (Å²) in [6.07, 6.45) is 0.288. The number of ether oxygens (including phenoxy) is 4. The summed E-state index contributed by atoms with van der Waals surface area (Å²) < 4.78 is 30.9. The van der Waals surface area contributed by atoms with Gasteiger partial charge in [0.2, 0.25) is 0 Å². The molecule has 0 aliphatic carbocycles. The number of hydrogen-bond donors (Lipinski definition) is 1. The topological polar surface area (TPSA) is 89.9 Å². The fourth-order valence-electron chi connectivity index (χ4n) is 9.19. The van der Waals surface area contributed by atoms with Gasteiger partial charge in [-0.2, -0.15) is 0 Å². The van der Waals surface area contributed by atoms with E-state index in [1.165, 1.54) is 16.2 Å². The molecule has 1 N–H and O–H groups in total. The maximum Gasteiger partial charge on any atom is 0.407 e. The summed E-state index contributed by atoms with van der Waals surface area (Å²) >= 11 is 0. The zero-order valence-electron chi connectivity index (χ0n) is 34.8. The number of anilines is 1. The van der Waals surface area contributed by atoms with Gasteiger partial charge in [-0.05, 0) is 64.0 Å². The lowest BCUT2D eigenvalue weighted by Gasteiger charge is -2.42. The quantitative estimate of drug-likeness (QED) is 0.0952. The Balaban J connectivity index is 1.18. The molecule has 10 heteroatoms. The molecule has 3 aromatic rings. The standard InChI is InChI=1S/C45H66N2O7Si/c1-32(2)55(33(3)4,34(5)6)54-26-23-47-31-45(7,8)40-20-15-35(27-41(40)47)29-53-43-28-46(44(48)49)22-21-39(43)36-16-18-38(19-17-36)52-25-12-24-51-30-37-13-10-11-14-42(37)50-9/h10-11,13-20,27,32-34,39,43H,12,21-26,28-31H2,1-9H3,(H,48,49). The van der Waals surface area contributed by atoms with Crippen molar-refractivity contribution in [2.24, 2.45) is 0 Å². The minimum Gasteiger partial charge on any atom is -0.496 e. The van der Waals surface area contributed by atoms with Crippen LogP contribution in [-0.2, 0) is 32.5 Å². The van der Waals surface area contributed by atoms with Crippen LogP contribution in [0, 0.1) is 0 Å². The second-order valence-corrected chi connectivity index (χ2v) is 22.4. The predicted molar refractivity (Wildman–Crippen MR) is 223 cm³/mol. The van der Waals surface area contributed by atoms with Crippen LogP contribution in [0.5, 0.6) is 11.5 Å². The van der Waals surface area contributed by atoms with Crippen molar-refractivity contribution in [3.63, 3.8) is 0 Å². The SMILES string of the molecule is COc1ccccc1COCCCOc1ccc(C2CCN(C(=O)O)CC2OCc2ccc3c(c2)N(CCO[Si](C(C)C)(C(C)C)C(C)C)CC3(C)C)cc1. The van der Waals surface area contributed by atoms with E-state index in [-0.39, 0.29) is 17.4 Å². The average molecular weight is 775 g/mol. The number of carboxylic acid groups (broad SMARTS) is 1. The van der Waals surface area contributed by atoms with Crippen LogP contribution in [0.3, 0.4) is 0 Å². The van der Waals surface area contributed by atoms with E-state index >= 15 is 0 Å². The van der Waals surface area contributed by atoms with E-state index in [0.717, 1.165) is 54.3 Å². The molecule has 2 unspecified atom stereocenters. The molecule has 3 aromatic carbocycles. The first-order chi connectivity index (χ1) is 26.3. The van der Waals surface area contributed by atoms with Gasteiger partial charge in [0.05, 0.1) is 52.8 Å². The van der Waals surface area contributed by atoms with Crippen molar-refractivity contribution in [2.45, 2.75) is 116 Å². The summed E-state index contributed by atoms with van der Waals surface area (Å²) in [7, 11) is -0.283. The molecule has 5 rings (SSSR count). The van der Waals surface area contributed by atoms with Crippen molar-refractivity contribution in [3.05, 3.63) is 89.0 Å². The van der Waals surface area contributed by atoms with Crippen molar-refractivity contribution in [2.75, 3.05) is 58.0 Å². The van der Waals surface area contributed by atoms with Gasteiger partial charge in [0.15, 0.2) is 8.32 Å². The lowest BCUT2D eigenvalue weighted by molar-refractivity contribution is -0.0199. The van der Waals surface area contributed by atoms with Crippen LogP contribution in [-0.4, -0.2) is 83.6 Å². The zero-order valence-corrected chi connectivity index (χ0v) is 35.8. The zero-order chi connectivity index (χ0) is 39.8. The van der Waals surface area contributed by atoms with Crippen molar-refractivity contribution >= 4 is 20.1 Å². The number of amides is 1. The summed E-state index contributed by atoms with van der Waals surface area (Å²) in [5.74, 6) is 1.71. The number of para-hydroxylation sites is 1. The molecule has 1 amide bonds. The van der Waals surface area contributed by atoms with Crippen molar-refractivity contribution in [1.29, 1.82) is 0 Å². The second-order valence-electron chi connectivity index (χ2n) is 16.9. The Morgan fingerprint density at radius 1 is 0.909 bits per heavy atom. The molecule has 1 fully saturated rings. The highest BCUT2D eigenvalue weighted by molar-refractivity contribution is 6.77. The van der Waals surface area contributed by atoms with E-state index in [2.05, 4.69) is 90.6 Å². The first-order valence-electron chi connectivity index (χ1n) is 20.3. The number of rotatable bonds is 19. The summed E-state index contributed by atoms with van der Waals surface area (Å²) in [6, 6.07) is 22.8. The lowest BCUT2D eigenvalue weighted by Crippen LogP contribution is -2.49. The minimum absolute atomic E-state index is 0.0362. The molecule has 9 nitrogen and oxygen atoms in total. The fraction of sp³-hybridized carbons (Fsp3) is 0.578. The van der Waals surface area contributed by atoms with Crippen LogP contribution in [0.2, 0.25) is 16.6 Å².